The summed E-state index contributed by atoms with van der Waals surface area (Å²) in [6.07, 6.45) is 1.90. The molecule has 0 amide bonds. The van der Waals surface area contributed by atoms with Crippen molar-refractivity contribution in [2.45, 2.75) is 29.0 Å². The largest absolute Gasteiger partial charge is 0.250 e. The molecule has 0 spiro atoms. The molecule has 0 aliphatic heterocycles. The minimum Gasteiger partial charge on any atom is -0.207 e. The Morgan fingerprint density at radius 2 is 2.21 bits per heavy atom. The van der Waals surface area contributed by atoms with E-state index in [9.17, 15) is 8.42 Å². The highest BCUT2D eigenvalue weighted by atomic mass is 35.5. The highest BCUT2D eigenvalue weighted by molar-refractivity contribution is 7.91. The smallest absolute Gasteiger partial charge is 0.207 e. The van der Waals surface area contributed by atoms with E-state index in [1.807, 2.05) is 0 Å². The van der Waals surface area contributed by atoms with Gasteiger partial charge in [0, 0.05) is 10.9 Å². The second-order valence-corrected chi connectivity index (χ2v) is 6.63. The maximum atomic E-state index is 11.7. The lowest BCUT2D eigenvalue weighted by Gasteiger charge is -2.00. The van der Waals surface area contributed by atoms with Crippen molar-refractivity contribution in [3.8, 4) is 0 Å². The molecule has 78 valence electrons. The molecule has 1 aliphatic carbocycles. The normalized spacial score (nSPS) is 17.2. The molecule has 0 saturated heterocycles. The Kier molecular flexibility index (Phi) is 2.83. The van der Waals surface area contributed by atoms with Gasteiger partial charge in [-0.1, -0.05) is 0 Å². The molecular weight excluding hydrogens is 242 g/mol. The van der Waals surface area contributed by atoms with Gasteiger partial charge in [0.25, 0.3) is 0 Å². The molecule has 1 N–H and O–H groups in total. The van der Waals surface area contributed by atoms with Crippen LogP contribution in [0.25, 0.3) is 0 Å². The van der Waals surface area contributed by atoms with E-state index in [0.29, 0.717) is 10.1 Å². The van der Waals surface area contributed by atoms with Gasteiger partial charge in [0.15, 0.2) is 0 Å². The van der Waals surface area contributed by atoms with Gasteiger partial charge in [-0.2, -0.15) is 0 Å². The van der Waals surface area contributed by atoms with Crippen LogP contribution in [0.1, 0.15) is 17.7 Å². The Morgan fingerprint density at radius 3 is 2.71 bits per heavy atom. The topological polar surface area (TPSA) is 46.2 Å². The van der Waals surface area contributed by atoms with Crippen molar-refractivity contribution in [1.29, 1.82) is 0 Å². The van der Waals surface area contributed by atoms with E-state index in [1.165, 1.54) is 11.3 Å². The average molecular weight is 252 g/mol. The van der Waals surface area contributed by atoms with Crippen LogP contribution < -0.4 is 4.72 Å². The molecule has 0 aromatic carbocycles. The first-order valence-corrected chi connectivity index (χ1v) is 7.12. The van der Waals surface area contributed by atoms with E-state index in [0.717, 1.165) is 17.7 Å². The van der Waals surface area contributed by atoms with E-state index in [1.54, 1.807) is 12.1 Å². The quantitative estimate of drug-likeness (QED) is 0.832. The first-order valence-electron chi connectivity index (χ1n) is 4.29. The molecule has 14 heavy (non-hydrogen) atoms. The Balaban J connectivity index is 2.19. The SMILES string of the molecule is O=S(=O)(NC1CC1)c1ccc(CCl)s1. The van der Waals surface area contributed by atoms with Gasteiger partial charge >= 0.3 is 0 Å². The van der Waals surface area contributed by atoms with Crippen molar-refractivity contribution < 1.29 is 8.42 Å². The van der Waals surface area contributed by atoms with Gasteiger partial charge in [-0.3, -0.25) is 0 Å². The molecule has 1 heterocycles. The maximum Gasteiger partial charge on any atom is 0.250 e. The van der Waals surface area contributed by atoms with Gasteiger partial charge < -0.3 is 0 Å². The standard InChI is InChI=1S/C8H10ClNO2S2/c9-5-7-3-4-8(13-7)14(11,12)10-6-1-2-6/h3-4,6,10H,1-2,5H2. The predicted molar refractivity (Wildman–Crippen MR) is 57.2 cm³/mol. The Morgan fingerprint density at radius 1 is 1.50 bits per heavy atom. The molecule has 1 aromatic rings. The van der Waals surface area contributed by atoms with Gasteiger partial charge in [-0.25, -0.2) is 13.1 Å². The van der Waals surface area contributed by atoms with Crippen LogP contribution in [-0.4, -0.2) is 14.5 Å². The van der Waals surface area contributed by atoms with Crippen LogP contribution in [0, 0.1) is 0 Å². The van der Waals surface area contributed by atoms with Crippen LogP contribution >= 0.6 is 22.9 Å². The molecule has 0 radical (unpaired) electrons. The zero-order valence-corrected chi connectivity index (χ0v) is 9.75. The third kappa shape index (κ3) is 2.28. The summed E-state index contributed by atoms with van der Waals surface area (Å²) in [5.74, 6) is 0.365. The van der Waals surface area contributed by atoms with Crippen LogP contribution in [-0.2, 0) is 15.9 Å². The Hall–Kier alpha value is -0.100. The number of hydrogen-bond donors (Lipinski definition) is 1. The van der Waals surface area contributed by atoms with E-state index >= 15 is 0 Å². The zero-order valence-electron chi connectivity index (χ0n) is 7.36. The third-order valence-electron chi connectivity index (χ3n) is 1.93. The minimum atomic E-state index is -3.28. The Labute approximate surface area is 92.1 Å². The summed E-state index contributed by atoms with van der Waals surface area (Å²) >= 11 is 6.83. The molecule has 1 aliphatic rings. The lowest BCUT2D eigenvalue weighted by atomic mass is 10.5. The Bertz CT molecular complexity index is 422. The molecule has 0 unspecified atom stereocenters. The molecule has 2 rings (SSSR count). The number of thiophene rings is 1. The van der Waals surface area contributed by atoms with Crippen molar-refractivity contribution in [2.75, 3.05) is 0 Å². The molecule has 1 aromatic heterocycles. The number of alkyl halides is 1. The molecule has 6 heteroatoms. The summed E-state index contributed by atoms with van der Waals surface area (Å²) in [4.78, 5) is 0.878. The van der Waals surface area contributed by atoms with Crippen LogP contribution in [0.5, 0.6) is 0 Å². The minimum absolute atomic E-state index is 0.154. The number of halogens is 1. The number of rotatable bonds is 4. The molecular formula is C8H10ClNO2S2. The summed E-state index contributed by atoms with van der Waals surface area (Å²) in [5.41, 5.74) is 0. The van der Waals surface area contributed by atoms with Gasteiger partial charge in [0.2, 0.25) is 10.0 Å². The van der Waals surface area contributed by atoms with Crippen LogP contribution in [0.3, 0.4) is 0 Å². The summed E-state index contributed by atoms with van der Waals surface area (Å²) in [5, 5.41) is 0. The zero-order chi connectivity index (χ0) is 10.2. The summed E-state index contributed by atoms with van der Waals surface area (Å²) in [7, 11) is -3.28. The van der Waals surface area contributed by atoms with Crippen molar-refractivity contribution in [2.24, 2.45) is 0 Å². The molecule has 1 fully saturated rings. The summed E-state index contributed by atoms with van der Waals surface area (Å²) < 4.78 is 26.3. The van der Waals surface area contributed by atoms with E-state index in [-0.39, 0.29) is 6.04 Å². The molecule has 1 saturated carbocycles. The monoisotopic (exact) mass is 251 g/mol. The van der Waals surface area contributed by atoms with Crippen LogP contribution in [0.4, 0.5) is 0 Å². The fourth-order valence-electron chi connectivity index (χ4n) is 1.05. The van der Waals surface area contributed by atoms with Gasteiger partial charge in [0.1, 0.15) is 4.21 Å². The second kappa shape index (κ2) is 3.81. The fraction of sp³-hybridized carbons (Fsp3) is 0.500. The van der Waals surface area contributed by atoms with Crippen molar-refractivity contribution >= 4 is 33.0 Å². The van der Waals surface area contributed by atoms with E-state index in [2.05, 4.69) is 4.72 Å². The third-order valence-corrected chi connectivity index (χ3v) is 5.48. The highest BCUT2D eigenvalue weighted by Gasteiger charge is 2.28. The first-order chi connectivity index (χ1) is 6.62. The van der Waals surface area contributed by atoms with Crippen molar-refractivity contribution in [1.82, 2.24) is 4.72 Å². The number of nitrogens with one attached hydrogen (secondary N) is 1. The van der Waals surface area contributed by atoms with E-state index < -0.39 is 10.0 Å². The molecule has 0 atom stereocenters. The lowest BCUT2D eigenvalue weighted by Crippen LogP contribution is -2.24. The predicted octanol–water partition coefficient (Wildman–Crippen LogP) is 1.93. The summed E-state index contributed by atoms with van der Waals surface area (Å²) in [6, 6.07) is 3.51. The van der Waals surface area contributed by atoms with Gasteiger partial charge in [-0.05, 0) is 25.0 Å². The average Bonchev–Trinajstić information content (AvgIpc) is 2.81. The number of sulfonamides is 1. The number of hydrogen-bond acceptors (Lipinski definition) is 3. The first kappa shape index (κ1) is 10.4. The summed E-state index contributed by atoms with van der Waals surface area (Å²) in [6.45, 7) is 0. The molecule has 0 bridgehead atoms. The maximum absolute atomic E-state index is 11.7. The van der Waals surface area contributed by atoms with Crippen LogP contribution in [0.2, 0.25) is 0 Å². The van der Waals surface area contributed by atoms with Gasteiger partial charge in [-0.15, -0.1) is 22.9 Å². The second-order valence-electron chi connectivity index (χ2n) is 3.25. The fourth-order valence-corrected chi connectivity index (χ4v) is 3.83. The highest BCUT2D eigenvalue weighted by Crippen LogP contribution is 2.26. The van der Waals surface area contributed by atoms with Gasteiger partial charge in [0.05, 0.1) is 5.88 Å². The van der Waals surface area contributed by atoms with Crippen LogP contribution in [0.15, 0.2) is 16.3 Å². The molecule has 3 nitrogen and oxygen atoms in total. The van der Waals surface area contributed by atoms with E-state index in [4.69, 9.17) is 11.6 Å². The van der Waals surface area contributed by atoms with Crippen molar-refractivity contribution in [3.63, 3.8) is 0 Å². The lowest BCUT2D eigenvalue weighted by molar-refractivity contribution is 0.583. The van der Waals surface area contributed by atoms with Crippen molar-refractivity contribution in [3.05, 3.63) is 17.0 Å².